The maximum Gasteiger partial charge on any atom is 0.407 e. The van der Waals surface area contributed by atoms with Crippen LogP contribution in [0.2, 0.25) is 0 Å². The van der Waals surface area contributed by atoms with Crippen LogP contribution in [0.5, 0.6) is 0 Å². The predicted octanol–water partition coefficient (Wildman–Crippen LogP) is 2.96. The SMILES string of the molecule is COCCNC(=O)OC1CCC(Br)(C(=O)O)C(Cl)(C(=O)Nc2ccccc2)C1Cl. The summed E-state index contributed by atoms with van der Waals surface area (Å²) in [7, 11) is 1.48. The Morgan fingerprint density at radius 2 is 1.97 bits per heavy atom. The normalized spacial score (nSPS) is 29.0. The van der Waals surface area contributed by atoms with Gasteiger partial charge >= 0.3 is 12.1 Å². The van der Waals surface area contributed by atoms with Gasteiger partial charge in [-0.1, -0.05) is 34.1 Å². The summed E-state index contributed by atoms with van der Waals surface area (Å²) in [5.74, 6) is -2.16. The van der Waals surface area contributed by atoms with E-state index < -0.39 is 38.6 Å². The van der Waals surface area contributed by atoms with Crippen LogP contribution in [0, 0.1) is 0 Å². The Balaban J connectivity index is 2.26. The lowest BCUT2D eigenvalue weighted by Gasteiger charge is -2.47. The molecule has 8 nitrogen and oxygen atoms in total. The van der Waals surface area contributed by atoms with E-state index in [1.165, 1.54) is 7.11 Å². The molecule has 0 spiro atoms. The number of nitrogens with one attached hydrogen (secondary N) is 2. The van der Waals surface area contributed by atoms with Gasteiger partial charge in [0.1, 0.15) is 11.5 Å². The van der Waals surface area contributed by atoms with Crippen LogP contribution in [-0.2, 0) is 19.1 Å². The number of halogens is 3. The minimum Gasteiger partial charge on any atom is -0.480 e. The topological polar surface area (TPSA) is 114 Å². The fourth-order valence-corrected chi connectivity index (χ4v) is 4.62. The molecule has 2 rings (SSSR count). The van der Waals surface area contributed by atoms with Gasteiger partial charge in [0.05, 0.1) is 6.61 Å². The molecule has 0 aromatic heterocycles. The number of amides is 2. The zero-order valence-corrected chi connectivity index (χ0v) is 18.6. The Morgan fingerprint density at radius 1 is 1.31 bits per heavy atom. The summed E-state index contributed by atoms with van der Waals surface area (Å²) in [6.45, 7) is 0.500. The Bertz CT molecular complexity index is 755. The minimum absolute atomic E-state index is 0.0900. The molecule has 4 unspecified atom stereocenters. The zero-order chi connectivity index (χ0) is 21.7. The van der Waals surface area contributed by atoms with Crippen molar-refractivity contribution < 1.29 is 29.0 Å². The molecule has 0 aliphatic heterocycles. The smallest absolute Gasteiger partial charge is 0.407 e. The monoisotopic (exact) mass is 510 g/mol. The van der Waals surface area contributed by atoms with Crippen molar-refractivity contribution >= 4 is 62.8 Å². The summed E-state index contributed by atoms with van der Waals surface area (Å²) in [5.41, 5.74) is 0.419. The van der Waals surface area contributed by atoms with Crippen LogP contribution >= 0.6 is 39.1 Å². The minimum atomic E-state index is -2.15. The number of para-hydroxylation sites is 1. The third kappa shape index (κ3) is 4.96. The number of aliphatic carboxylic acids is 1. The number of carboxylic acids is 1. The first-order valence-electron chi connectivity index (χ1n) is 8.72. The fourth-order valence-electron chi connectivity index (χ4n) is 3.01. The number of hydrogen-bond donors (Lipinski definition) is 3. The third-order valence-corrected chi connectivity index (χ3v) is 7.63. The highest BCUT2D eigenvalue weighted by Crippen LogP contribution is 2.51. The van der Waals surface area contributed by atoms with Crippen LogP contribution in [-0.4, -0.2) is 64.0 Å². The highest BCUT2D eigenvalue weighted by molar-refractivity contribution is 9.10. The van der Waals surface area contributed by atoms with Crippen LogP contribution in [0.25, 0.3) is 0 Å². The van der Waals surface area contributed by atoms with Gasteiger partial charge in [0, 0.05) is 19.3 Å². The molecule has 0 saturated heterocycles. The second kappa shape index (κ2) is 9.97. The van der Waals surface area contributed by atoms with Gasteiger partial charge in [0.2, 0.25) is 5.91 Å². The number of anilines is 1. The average molecular weight is 512 g/mol. The van der Waals surface area contributed by atoms with Gasteiger partial charge in [-0.3, -0.25) is 9.59 Å². The summed E-state index contributed by atoms with van der Waals surface area (Å²) < 4.78 is 8.28. The van der Waals surface area contributed by atoms with Gasteiger partial charge in [-0.25, -0.2) is 4.79 Å². The Labute approximate surface area is 186 Å². The lowest BCUT2D eigenvalue weighted by molar-refractivity contribution is -0.144. The molecular formula is C18H21BrCl2N2O6. The summed E-state index contributed by atoms with van der Waals surface area (Å²) in [6.07, 6.45) is -1.75. The molecule has 1 fully saturated rings. The number of alkyl carbamates (subject to hydrolysis) is 1. The second-order valence-corrected chi connectivity index (χ2v) is 8.86. The summed E-state index contributed by atoms with van der Waals surface area (Å²) in [4.78, 5) is 34.9. The average Bonchev–Trinajstić information content (AvgIpc) is 2.69. The van der Waals surface area contributed by atoms with Crippen LogP contribution in [0.4, 0.5) is 10.5 Å². The van der Waals surface area contributed by atoms with Crippen molar-refractivity contribution in [3.63, 3.8) is 0 Å². The van der Waals surface area contributed by atoms with E-state index >= 15 is 0 Å². The molecule has 0 heterocycles. The molecule has 2 amide bonds. The number of methoxy groups -OCH3 is 1. The molecule has 4 atom stereocenters. The molecule has 3 N–H and O–H groups in total. The first kappa shape index (κ1) is 23.7. The Kier molecular flexibility index (Phi) is 8.16. The van der Waals surface area contributed by atoms with Crippen molar-refractivity contribution in [2.75, 3.05) is 25.6 Å². The number of ether oxygens (including phenoxy) is 2. The number of benzene rings is 1. The lowest BCUT2D eigenvalue weighted by Crippen LogP contribution is -2.68. The van der Waals surface area contributed by atoms with Gasteiger partial charge in [-0.15, -0.1) is 23.2 Å². The van der Waals surface area contributed by atoms with Gasteiger partial charge < -0.3 is 25.2 Å². The molecule has 1 aliphatic carbocycles. The highest BCUT2D eigenvalue weighted by atomic mass is 79.9. The molecule has 160 valence electrons. The summed E-state index contributed by atoms with van der Waals surface area (Å²) in [5, 5.41) is 13.5. The van der Waals surface area contributed by atoms with Gasteiger partial charge in [0.25, 0.3) is 0 Å². The molecule has 1 aromatic rings. The number of carbonyl (C=O) groups is 3. The number of hydrogen-bond acceptors (Lipinski definition) is 5. The largest absolute Gasteiger partial charge is 0.480 e. The van der Waals surface area contributed by atoms with E-state index in [1.807, 2.05) is 0 Å². The van der Waals surface area contributed by atoms with Gasteiger partial charge in [0.15, 0.2) is 9.20 Å². The van der Waals surface area contributed by atoms with Crippen molar-refractivity contribution in [1.82, 2.24) is 5.32 Å². The number of carboxylic acid groups (broad SMARTS) is 1. The number of carbonyl (C=O) groups excluding carboxylic acids is 2. The van der Waals surface area contributed by atoms with Crippen LogP contribution in [0.15, 0.2) is 30.3 Å². The van der Waals surface area contributed by atoms with Crippen molar-refractivity contribution in [3.8, 4) is 0 Å². The fraction of sp³-hybridized carbons (Fsp3) is 0.500. The van der Waals surface area contributed by atoms with E-state index in [0.717, 1.165) is 0 Å². The molecule has 1 aliphatic rings. The molecule has 29 heavy (non-hydrogen) atoms. The second-order valence-electron chi connectivity index (χ2n) is 6.44. The van der Waals surface area contributed by atoms with E-state index in [-0.39, 0.29) is 26.0 Å². The first-order chi connectivity index (χ1) is 13.7. The number of rotatable bonds is 7. The number of alkyl halides is 3. The van der Waals surface area contributed by atoms with Crippen molar-refractivity contribution in [2.45, 2.75) is 33.5 Å². The molecule has 1 saturated carbocycles. The van der Waals surface area contributed by atoms with E-state index in [4.69, 9.17) is 32.7 Å². The quantitative estimate of drug-likeness (QED) is 0.383. The van der Waals surface area contributed by atoms with Crippen LogP contribution in [0.3, 0.4) is 0 Å². The van der Waals surface area contributed by atoms with E-state index in [1.54, 1.807) is 30.3 Å². The zero-order valence-electron chi connectivity index (χ0n) is 15.5. The van der Waals surface area contributed by atoms with Crippen LogP contribution < -0.4 is 10.6 Å². The summed E-state index contributed by atoms with van der Waals surface area (Å²) in [6, 6.07) is 8.40. The molecular weight excluding hydrogens is 491 g/mol. The lowest BCUT2D eigenvalue weighted by atomic mass is 9.75. The van der Waals surface area contributed by atoms with Crippen LogP contribution in [0.1, 0.15) is 12.8 Å². The van der Waals surface area contributed by atoms with Crippen molar-refractivity contribution in [3.05, 3.63) is 30.3 Å². The first-order valence-corrected chi connectivity index (χ1v) is 10.3. The standard InChI is InChI=1S/C18H21BrCl2N2O6/c1-28-10-9-22-16(27)29-12-7-8-17(19,15(25)26)18(21,13(12)20)14(24)23-11-5-3-2-4-6-11/h2-6,12-13H,7-10H2,1H3,(H,22,27)(H,23,24)(H,25,26). The van der Waals surface area contributed by atoms with Crippen molar-refractivity contribution in [2.24, 2.45) is 0 Å². The van der Waals surface area contributed by atoms with E-state index in [9.17, 15) is 19.5 Å². The van der Waals surface area contributed by atoms with Gasteiger partial charge in [-0.05, 0) is 25.0 Å². The van der Waals surface area contributed by atoms with Crippen molar-refractivity contribution in [1.29, 1.82) is 0 Å². The molecule has 0 bridgehead atoms. The molecule has 11 heteroatoms. The molecule has 0 radical (unpaired) electrons. The van der Waals surface area contributed by atoms with E-state index in [0.29, 0.717) is 5.69 Å². The maximum absolute atomic E-state index is 13.1. The van der Waals surface area contributed by atoms with Gasteiger partial charge in [-0.2, -0.15) is 0 Å². The van der Waals surface area contributed by atoms with E-state index in [2.05, 4.69) is 26.6 Å². The third-order valence-electron chi connectivity index (χ3n) is 4.59. The summed E-state index contributed by atoms with van der Waals surface area (Å²) >= 11 is 16.2. The highest BCUT2D eigenvalue weighted by Gasteiger charge is 2.67. The Hall–Kier alpha value is -1.55. The molecule has 1 aromatic carbocycles. The Morgan fingerprint density at radius 3 is 2.55 bits per heavy atom. The maximum atomic E-state index is 13.1. The predicted molar refractivity (Wildman–Crippen MR) is 112 cm³/mol.